The predicted octanol–water partition coefficient (Wildman–Crippen LogP) is 2.83. The number of halogens is 2. The van der Waals surface area contributed by atoms with Gasteiger partial charge in [0.1, 0.15) is 0 Å². The fourth-order valence-corrected chi connectivity index (χ4v) is 4.62. The summed E-state index contributed by atoms with van der Waals surface area (Å²) in [5.41, 5.74) is 0. The Morgan fingerprint density at radius 2 is 2.00 bits per heavy atom. The topological polar surface area (TPSA) is 0 Å². The highest BCUT2D eigenvalue weighted by Crippen LogP contribution is 2.14. The van der Waals surface area contributed by atoms with Gasteiger partial charge < -0.3 is 0 Å². The summed E-state index contributed by atoms with van der Waals surface area (Å²) in [6.07, 6.45) is 0. The zero-order valence-corrected chi connectivity index (χ0v) is 8.01. The van der Waals surface area contributed by atoms with Crippen LogP contribution in [0.5, 0.6) is 0 Å². The second-order valence-electron chi connectivity index (χ2n) is 2.16. The fraction of sp³-hybridized carbons (Fsp3) is 1.00. The summed E-state index contributed by atoms with van der Waals surface area (Å²) < 4.78 is 0. The molecule has 0 saturated heterocycles. The van der Waals surface area contributed by atoms with Gasteiger partial charge in [0.2, 0.25) is 0 Å². The van der Waals surface area contributed by atoms with Crippen molar-refractivity contribution in [2.45, 2.75) is 19.1 Å². The lowest BCUT2D eigenvalue weighted by Gasteiger charge is -2.07. The maximum atomic E-state index is 5.94. The van der Waals surface area contributed by atoms with E-state index in [4.69, 9.17) is 11.1 Å². The minimum absolute atomic E-state index is 1.05. The van der Waals surface area contributed by atoms with Crippen molar-refractivity contribution in [2.75, 3.05) is 5.33 Å². The van der Waals surface area contributed by atoms with Crippen LogP contribution in [0.1, 0.15) is 0 Å². The maximum Gasteiger partial charge on any atom is 0.151 e. The van der Waals surface area contributed by atoms with E-state index in [1.54, 1.807) is 0 Å². The molecule has 0 spiro atoms. The van der Waals surface area contributed by atoms with Crippen molar-refractivity contribution in [3.05, 3.63) is 0 Å². The summed E-state index contributed by atoms with van der Waals surface area (Å²) in [5, 5.41) is 1.05. The first-order chi connectivity index (χ1) is 3.06. The molecule has 0 aromatic rings. The summed E-state index contributed by atoms with van der Waals surface area (Å²) in [6, 6.07) is 1.16. The smallest absolute Gasteiger partial charge is 0.151 e. The molecule has 0 nitrogen and oxygen atoms in total. The Balaban J connectivity index is 3.15. The molecule has 0 aromatic heterocycles. The standard InChI is InChI=1S/C4H10BrClSi/c1-7(2,6)4-3-5/h3-4H2,1-2H3. The van der Waals surface area contributed by atoms with Crippen molar-refractivity contribution >= 4 is 34.4 Å². The Kier molecular flexibility index (Phi) is 3.54. The number of hydrogen-bond acceptors (Lipinski definition) is 0. The SMILES string of the molecule is C[Si](C)(Cl)CCBr. The van der Waals surface area contributed by atoms with Crippen LogP contribution in [-0.2, 0) is 0 Å². The highest BCUT2D eigenvalue weighted by molar-refractivity contribution is 9.09. The van der Waals surface area contributed by atoms with Crippen molar-refractivity contribution in [3.8, 4) is 0 Å². The van der Waals surface area contributed by atoms with Crippen LogP contribution in [0.15, 0.2) is 0 Å². The lowest BCUT2D eigenvalue weighted by molar-refractivity contribution is 1.44. The fourth-order valence-electron chi connectivity index (χ4n) is 0.225. The second kappa shape index (κ2) is 3.10. The van der Waals surface area contributed by atoms with Gasteiger partial charge in [0.05, 0.1) is 0 Å². The van der Waals surface area contributed by atoms with Crippen LogP contribution in [-0.4, -0.2) is 12.7 Å². The van der Waals surface area contributed by atoms with Gasteiger partial charge in [0, 0.05) is 5.33 Å². The van der Waals surface area contributed by atoms with Crippen molar-refractivity contribution in [3.63, 3.8) is 0 Å². The van der Waals surface area contributed by atoms with Crippen LogP contribution in [0.4, 0.5) is 0 Å². The van der Waals surface area contributed by atoms with Gasteiger partial charge in [-0.05, 0) is 6.04 Å². The molecule has 0 aromatic carbocycles. The predicted molar refractivity (Wildman–Crippen MR) is 41.9 cm³/mol. The molecule has 3 heteroatoms. The van der Waals surface area contributed by atoms with E-state index < -0.39 is 7.38 Å². The molecule has 0 aliphatic heterocycles. The molecule has 0 unspecified atom stereocenters. The third kappa shape index (κ3) is 6.99. The number of alkyl halides is 1. The van der Waals surface area contributed by atoms with Crippen LogP contribution < -0.4 is 0 Å². The zero-order valence-electron chi connectivity index (χ0n) is 4.67. The van der Waals surface area contributed by atoms with E-state index >= 15 is 0 Å². The molecule has 0 heterocycles. The summed E-state index contributed by atoms with van der Waals surface area (Å²) in [5.74, 6) is 0. The molecule has 0 bridgehead atoms. The summed E-state index contributed by atoms with van der Waals surface area (Å²) in [7, 11) is -1.23. The van der Waals surface area contributed by atoms with Crippen molar-refractivity contribution < 1.29 is 0 Å². The Morgan fingerprint density at radius 3 is 2.00 bits per heavy atom. The van der Waals surface area contributed by atoms with Crippen molar-refractivity contribution in [2.24, 2.45) is 0 Å². The van der Waals surface area contributed by atoms with E-state index in [9.17, 15) is 0 Å². The average molecular weight is 202 g/mol. The third-order valence-corrected chi connectivity index (χ3v) is 3.82. The van der Waals surface area contributed by atoms with Crippen molar-refractivity contribution in [1.29, 1.82) is 0 Å². The number of hydrogen-bond donors (Lipinski definition) is 0. The van der Waals surface area contributed by atoms with E-state index in [0.717, 1.165) is 11.4 Å². The van der Waals surface area contributed by atoms with E-state index in [1.165, 1.54) is 0 Å². The Labute approximate surface area is 59.1 Å². The van der Waals surface area contributed by atoms with Gasteiger partial charge in [-0.25, -0.2) is 0 Å². The molecular weight excluding hydrogens is 191 g/mol. The molecule has 0 aliphatic carbocycles. The molecule has 0 saturated carbocycles. The molecule has 0 rings (SSSR count). The Hall–Kier alpha value is 0.987. The van der Waals surface area contributed by atoms with E-state index in [2.05, 4.69) is 29.0 Å². The van der Waals surface area contributed by atoms with Crippen molar-refractivity contribution in [1.82, 2.24) is 0 Å². The highest BCUT2D eigenvalue weighted by atomic mass is 79.9. The van der Waals surface area contributed by atoms with Gasteiger partial charge in [-0.15, -0.1) is 0 Å². The van der Waals surface area contributed by atoms with Gasteiger partial charge in [0.15, 0.2) is 7.38 Å². The summed E-state index contributed by atoms with van der Waals surface area (Å²) >= 11 is 9.28. The van der Waals surface area contributed by atoms with Gasteiger partial charge in [-0.1, -0.05) is 29.0 Å². The van der Waals surface area contributed by atoms with Gasteiger partial charge in [0.25, 0.3) is 0 Å². The summed E-state index contributed by atoms with van der Waals surface area (Å²) in [4.78, 5) is 0. The van der Waals surface area contributed by atoms with Crippen LogP contribution >= 0.6 is 27.0 Å². The van der Waals surface area contributed by atoms with Crippen LogP contribution in [0, 0.1) is 0 Å². The first kappa shape index (κ1) is 7.99. The molecule has 0 amide bonds. The molecular formula is C4H10BrClSi. The van der Waals surface area contributed by atoms with Gasteiger partial charge >= 0.3 is 0 Å². The van der Waals surface area contributed by atoms with Gasteiger partial charge in [-0.3, -0.25) is 0 Å². The molecule has 0 fully saturated rings. The molecule has 0 atom stereocenters. The van der Waals surface area contributed by atoms with Crippen LogP contribution in [0.3, 0.4) is 0 Å². The second-order valence-corrected chi connectivity index (χ2v) is 9.96. The summed E-state index contributed by atoms with van der Waals surface area (Å²) in [6.45, 7) is 4.30. The lowest BCUT2D eigenvalue weighted by Crippen LogP contribution is -2.15. The molecule has 0 radical (unpaired) electrons. The minimum atomic E-state index is -1.23. The maximum absolute atomic E-state index is 5.94. The third-order valence-electron chi connectivity index (χ3n) is 0.689. The van der Waals surface area contributed by atoms with E-state index in [1.807, 2.05) is 0 Å². The van der Waals surface area contributed by atoms with E-state index in [0.29, 0.717) is 0 Å². The molecule has 44 valence electrons. The van der Waals surface area contributed by atoms with Gasteiger partial charge in [-0.2, -0.15) is 11.1 Å². The molecule has 0 aliphatic rings. The normalized spacial score (nSPS) is 12.0. The Bertz CT molecular complexity index is 50.1. The molecule has 0 N–H and O–H groups in total. The van der Waals surface area contributed by atoms with Crippen LogP contribution in [0.25, 0.3) is 0 Å². The monoisotopic (exact) mass is 200 g/mol. The highest BCUT2D eigenvalue weighted by Gasteiger charge is 2.14. The first-order valence-corrected chi connectivity index (χ1v) is 7.65. The van der Waals surface area contributed by atoms with Crippen LogP contribution in [0.2, 0.25) is 19.1 Å². The number of rotatable bonds is 2. The minimum Gasteiger partial charge on any atom is -0.168 e. The van der Waals surface area contributed by atoms with E-state index in [-0.39, 0.29) is 0 Å². The zero-order chi connectivity index (χ0) is 5.91. The quantitative estimate of drug-likeness (QED) is 0.366. The molecule has 7 heavy (non-hydrogen) atoms. The Morgan fingerprint density at radius 1 is 1.57 bits per heavy atom. The first-order valence-electron chi connectivity index (χ1n) is 2.31. The average Bonchev–Trinajstić information content (AvgIpc) is 1.30. The largest absolute Gasteiger partial charge is 0.168 e. The lowest BCUT2D eigenvalue weighted by atomic mass is 11.0.